The van der Waals surface area contributed by atoms with E-state index in [1.165, 1.54) is 12.0 Å². The van der Waals surface area contributed by atoms with Crippen LogP contribution in [0.2, 0.25) is 0 Å². The summed E-state index contributed by atoms with van der Waals surface area (Å²) in [6, 6.07) is 10.1. The number of nitrogens with zero attached hydrogens (tertiary/aromatic N) is 3. The van der Waals surface area contributed by atoms with Crippen LogP contribution >= 0.6 is 0 Å². The van der Waals surface area contributed by atoms with Crippen molar-refractivity contribution < 1.29 is 40.7 Å². The van der Waals surface area contributed by atoms with E-state index in [9.17, 15) is 35.9 Å². The van der Waals surface area contributed by atoms with Gasteiger partial charge in [-0.3, -0.25) is 4.79 Å². The highest BCUT2D eigenvalue weighted by molar-refractivity contribution is 5.86. The highest BCUT2D eigenvalue weighted by Gasteiger charge is 2.38. The quantitative estimate of drug-likeness (QED) is 0.296. The van der Waals surface area contributed by atoms with Crippen molar-refractivity contribution in [3.63, 3.8) is 0 Å². The summed E-state index contributed by atoms with van der Waals surface area (Å²) >= 11 is 0. The van der Waals surface area contributed by atoms with Gasteiger partial charge in [-0.15, -0.1) is 0 Å². The van der Waals surface area contributed by atoms with Gasteiger partial charge in [0.05, 0.1) is 30.3 Å². The number of benzene rings is 2. The summed E-state index contributed by atoms with van der Waals surface area (Å²) in [4.78, 5) is 31.2. The molecule has 220 valence electrons. The number of amides is 1. The zero-order valence-electron chi connectivity index (χ0n) is 22.0. The molecule has 1 saturated heterocycles. The second-order valence-corrected chi connectivity index (χ2v) is 9.84. The second-order valence-electron chi connectivity index (χ2n) is 9.84. The molecule has 1 aliphatic rings. The summed E-state index contributed by atoms with van der Waals surface area (Å²) in [6.45, 7) is 0.685. The molecular formula is C28H28F6N4O3. The first kappa shape index (κ1) is 29.9. The smallest absolute Gasteiger partial charge is 0.416 e. The Morgan fingerprint density at radius 1 is 1.00 bits per heavy atom. The number of alkyl halides is 6. The van der Waals surface area contributed by atoms with Crippen LogP contribution in [0.25, 0.3) is 0 Å². The van der Waals surface area contributed by atoms with Crippen LogP contribution in [0.4, 0.5) is 32.0 Å². The average molecular weight is 583 g/mol. The number of piperidine rings is 1. The third kappa shape index (κ3) is 7.80. The number of anilines is 1. The zero-order valence-corrected chi connectivity index (χ0v) is 22.0. The Kier molecular flexibility index (Phi) is 8.93. The van der Waals surface area contributed by atoms with Gasteiger partial charge in [0.2, 0.25) is 5.91 Å². The maximum atomic E-state index is 13.3. The van der Waals surface area contributed by atoms with Crippen molar-refractivity contribution in [2.24, 2.45) is 5.92 Å². The van der Waals surface area contributed by atoms with E-state index in [0.29, 0.717) is 24.4 Å². The molecule has 1 amide bonds. The van der Waals surface area contributed by atoms with Crippen LogP contribution in [0.15, 0.2) is 61.1 Å². The lowest BCUT2D eigenvalue weighted by molar-refractivity contribution is -0.145. The molecule has 0 saturated carbocycles. The molecule has 0 bridgehead atoms. The van der Waals surface area contributed by atoms with Crippen LogP contribution in [-0.4, -0.2) is 47.7 Å². The van der Waals surface area contributed by atoms with Gasteiger partial charge in [-0.05, 0) is 36.6 Å². The molecule has 3 aromatic rings. The number of hydrogen-bond acceptors (Lipinski definition) is 5. The topological polar surface area (TPSA) is 76.5 Å². The molecule has 1 N–H and O–H groups in total. The summed E-state index contributed by atoms with van der Waals surface area (Å²) in [7, 11) is 1.19. The normalized spacial score (nSPS) is 15.4. The SMILES string of the molecule is COC(=O)C(Cc1cn(Cc2ccccc2)cn1)NC(=O)C1CCN(c2cc(C(F)(F)F)cc(C(F)(F)F)c2)CC1. The maximum absolute atomic E-state index is 13.3. The monoisotopic (exact) mass is 582 g/mol. The Morgan fingerprint density at radius 3 is 2.17 bits per heavy atom. The van der Waals surface area contributed by atoms with Crippen LogP contribution in [0.5, 0.6) is 0 Å². The molecule has 1 unspecified atom stereocenters. The lowest BCUT2D eigenvalue weighted by atomic mass is 9.94. The molecule has 7 nitrogen and oxygen atoms in total. The highest BCUT2D eigenvalue weighted by atomic mass is 19.4. The van der Waals surface area contributed by atoms with E-state index in [1.54, 1.807) is 12.5 Å². The van der Waals surface area contributed by atoms with Crippen molar-refractivity contribution in [2.75, 3.05) is 25.1 Å². The number of rotatable bonds is 8. The fraction of sp³-hybridized carbons (Fsp3) is 0.393. The van der Waals surface area contributed by atoms with Gasteiger partial charge in [0, 0.05) is 43.9 Å². The second kappa shape index (κ2) is 12.2. The number of carbonyl (C=O) groups excluding carboxylic acids is 2. The summed E-state index contributed by atoms with van der Waals surface area (Å²) in [5, 5.41) is 2.68. The van der Waals surface area contributed by atoms with E-state index in [2.05, 4.69) is 10.3 Å². The molecule has 1 atom stereocenters. The lowest BCUT2D eigenvalue weighted by Crippen LogP contribution is -2.48. The van der Waals surface area contributed by atoms with Gasteiger partial charge in [-0.25, -0.2) is 9.78 Å². The van der Waals surface area contributed by atoms with E-state index in [0.717, 1.165) is 5.56 Å². The number of imidazole rings is 1. The zero-order chi connectivity index (χ0) is 29.8. The summed E-state index contributed by atoms with van der Waals surface area (Å²) in [5.74, 6) is -1.72. The Hall–Kier alpha value is -4.03. The van der Waals surface area contributed by atoms with E-state index in [1.807, 2.05) is 34.9 Å². The van der Waals surface area contributed by atoms with Crippen molar-refractivity contribution >= 4 is 17.6 Å². The van der Waals surface area contributed by atoms with Crippen molar-refractivity contribution in [3.8, 4) is 0 Å². The third-order valence-electron chi connectivity index (χ3n) is 6.91. The van der Waals surface area contributed by atoms with Gasteiger partial charge in [-0.2, -0.15) is 26.3 Å². The van der Waals surface area contributed by atoms with E-state index >= 15 is 0 Å². The Balaban J connectivity index is 1.39. The van der Waals surface area contributed by atoms with Crippen LogP contribution < -0.4 is 10.2 Å². The minimum Gasteiger partial charge on any atom is -0.467 e. The number of ether oxygens (including phenoxy) is 1. The third-order valence-corrected chi connectivity index (χ3v) is 6.91. The molecule has 1 fully saturated rings. The Bertz CT molecular complexity index is 1320. The lowest BCUT2D eigenvalue weighted by Gasteiger charge is -2.34. The summed E-state index contributed by atoms with van der Waals surface area (Å²) < 4.78 is 86.3. The first-order chi connectivity index (χ1) is 19.3. The van der Waals surface area contributed by atoms with Gasteiger partial charge in [0.1, 0.15) is 6.04 Å². The van der Waals surface area contributed by atoms with Crippen molar-refractivity contribution in [3.05, 3.63) is 83.4 Å². The van der Waals surface area contributed by atoms with Gasteiger partial charge < -0.3 is 19.5 Å². The molecule has 1 aliphatic heterocycles. The molecule has 0 spiro atoms. The van der Waals surface area contributed by atoms with Crippen LogP contribution in [0.3, 0.4) is 0 Å². The Morgan fingerprint density at radius 2 is 1.61 bits per heavy atom. The Labute approximate surface area is 232 Å². The summed E-state index contributed by atoms with van der Waals surface area (Å²) in [6.07, 6.45) is -6.11. The maximum Gasteiger partial charge on any atom is 0.416 e. The van der Waals surface area contributed by atoms with E-state index in [-0.39, 0.29) is 44.1 Å². The fourth-order valence-electron chi connectivity index (χ4n) is 4.75. The summed E-state index contributed by atoms with van der Waals surface area (Å²) in [5.41, 5.74) is -1.40. The number of aromatic nitrogens is 2. The molecule has 4 rings (SSSR count). The first-order valence-electron chi connectivity index (χ1n) is 12.8. The van der Waals surface area contributed by atoms with Gasteiger partial charge in [0.15, 0.2) is 0 Å². The van der Waals surface area contributed by atoms with Crippen molar-refractivity contribution in [1.82, 2.24) is 14.9 Å². The largest absolute Gasteiger partial charge is 0.467 e. The molecule has 1 aromatic heterocycles. The van der Waals surface area contributed by atoms with Gasteiger partial charge >= 0.3 is 18.3 Å². The molecule has 13 heteroatoms. The van der Waals surface area contributed by atoms with Gasteiger partial charge in [0.25, 0.3) is 0 Å². The highest BCUT2D eigenvalue weighted by Crippen LogP contribution is 2.39. The van der Waals surface area contributed by atoms with Crippen molar-refractivity contribution in [2.45, 2.75) is 44.2 Å². The molecule has 2 aromatic carbocycles. The number of nitrogens with one attached hydrogen (secondary N) is 1. The van der Waals surface area contributed by atoms with Gasteiger partial charge in [-0.1, -0.05) is 30.3 Å². The molecular weight excluding hydrogens is 554 g/mol. The van der Waals surface area contributed by atoms with Crippen molar-refractivity contribution in [1.29, 1.82) is 0 Å². The van der Waals surface area contributed by atoms with Crippen LogP contribution in [0.1, 0.15) is 35.2 Å². The fourth-order valence-corrected chi connectivity index (χ4v) is 4.75. The molecule has 2 heterocycles. The molecule has 0 radical (unpaired) electrons. The number of esters is 1. The predicted octanol–water partition coefficient (Wildman–Crippen LogP) is 5.09. The molecule has 0 aliphatic carbocycles. The number of carbonyl (C=O) groups is 2. The number of methoxy groups -OCH3 is 1. The van der Waals surface area contributed by atoms with Crippen LogP contribution in [-0.2, 0) is 39.6 Å². The van der Waals surface area contributed by atoms with E-state index < -0.39 is 47.3 Å². The number of hydrogen-bond donors (Lipinski definition) is 1. The average Bonchev–Trinajstić information content (AvgIpc) is 3.38. The minimum atomic E-state index is -4.95. The predicted molar refractivity (Wildman–Crippen MR) is 137 cm³/mol. The minimum absolute atomic E-state index is 0.0590. The number of halogens is 6. The molecule has 41 heavy (non-hydrogen) atoms. The van der Waals surface area contributed by atoms with Crippen LogP contribution in [0, 0.1) is 5.92 Å². The first-order valence-corrected chi connectivity index (χ1v) is 12.8. The van der Waals surface area contributed by atoms with E-state index in [4.69, 9.17) is 4.74 Å². The standard InChI is InChI=1S/C28H28F6N4O3/c1-41-26(40)24(14-22-16-37(17-35-22)15-18-5-3-2-4-6-18)36-25(39)19-7-9-38(10-8-19)23-12-20(27(29,30)31)11-21(13-23)28(32,33)34/h2-6,11-13,16-17,19,24H,7-10,14-15H2,1H3,(H,36,39).